The van der Waals surface area contributed by atoms with Crippen LogP contribution in [-0.4, -0.2) is 29.8 Å². The normalized spacial score (nSPS) is 17.4. The third-order valence-corrected chi connectivity index (χ3v) is 4.91. The Hall–Kier alpha value is -3.29. The minimum atomic E-state index is -4.48. The van der Waals surface area contributed by atoms with Crippen molar-refractivity contribution in [2.45, 2.75) is 19.1 Å². The first-order valence-electron chi connectivity index (χ1n) is 9.00. The summed E-state index contributed by atoms with van der Waals surface area (Å²) >= 11 is 0. The van der Waals surface area contributed by atoms with E-state index in [2.05, 4.69) is 5.32 Å². The lowest BCUT2D eigenvalue weighted by Gasteiger charge is -2.34. The molecule has 2 amide bonds. The fraction of sp³-hybridized carbons (Fsp3) is 0.238. The fourth-order valence-electron chi connectivity index (χ4n) is 3.48. The van der Waals surface area contributed by atoms with E-state index in [-0.39, 0.29) is 18.8 Å². The van der Waals surface area contributed by atoms with Crippen LogP contribution in [0.2, 0.25) is 0 Å². The molecule has 4 rings (SSSR count). The highest BCUT2D eigenvalue weighted by molar-refractivity contribution is 5.99. The number of benzene rings is 2. The van der Waals surface area contributed by atoms with Gasteiger partial charge in [0.25, 0.3) is 5.91 Å². The van der Waals surface area contributed by atoms with Gasteiger partial charge in [-0.25, -0.2) is 0 Å². The molecule has 29 heavy (non-hydrogen) atoms. The Morgan fingerprint density at radius 3 is 2.55 bits per heavy atom. The van der Waals surface area contributed by atoms with Crippen LogP contribution in [0.1, 0.15) is 33.3 Å². The van der Waals surface area contributed by atoms with Gasteiger partial charge in [-0.3, -0.25) is 9.59 Å². The molecule has 1 saturated heterocycles. The van der Waals surface area contributed by atoms with E-state index in [1.807, 2.05) is 19.1 Å². The Bertz CT molecular complexity index is 1090. The first kappa shape index (κ1) is 19.0. The zero-order valence-corrected chi connectivity index (χ0v) is 15.4. The van der Waals surface area contributed by atoms with Crippen LogP contribution >= 0.6 is 0 Å². The van der Waals surface area contributed by atoms with Gasteiger partial charge in [0.2, 0.25) is 5.91 Å². The lowest BCUT2D eigenvalue weighted by molar-refractivity contribution is -0.137. The molecule has 150 valence electrons. The number of fused-ring (bicyclic) bond motifs is 1. The number of nitrogens with one attached hydrogen (secondary N) is 1. The molecule has 1 fully saturated rings. The maximum Gasteiger partial charge on any atom is 0.416 e. The monoisotopic (exact) mass is 402 g/mol. The van der Waals surface area contributed by atoms with Crippen molar-refractivity contribution >= 4 is 22.8 Å². The second-order valence-corrected chi connectivity index (χ2v) is 6.96. The van der Waals surface area contributed by atoms with Gasteiger partial charge in [-0.05, 0) is 42.8 Å². The average Bonchev–Trinajstić information content (AvgIpc) is 3.10. The zero-order chi connectivity index (χ0) is 20.8. The minimum absolute atomic E-state index is 0.0808. The second-order valence-electron chi connectivity index (χ2n) is 6.96. The molecule has 0 bridgehead atoms. The molecule has 1 aromatic heterocycles. The summed E-state index contributed by atoms with van der Waals surface area (Å²) in [6.07, 6.45) is -4.48. The van der Waals surface area contributed by atoms with Gasteiger partial charge in [0.15, 0.2) is 5.76 Å². The Labute approximate surface area is 164 Å². The maximum absolute atomic E-state index is 13.1. The fourth-order valence-corrected chi connectivity index (χ4v) is 3.48. The van der Waals surface area contributed by atoms with Gasteiger partial charge in [0.1, 0.15) is 11.6 Å². The summed E-state index contributed by atoms with van der Waals surface area (Å²) in [6, 6.07) is 10.3. The van der Waals surface area contributed by atoms with Crippen molar-refractivity contribution in [3.05, 3.63) is 71.0 Å². The second kappa shape index (κ2) is 6.95. The lowest BCUT2D eigenvalue weighted by Crippen LogP contribution is -2.52. The van der Waals surface area contributed by atoms with Crippen molar-refractivity contribution in [2.24, 2.45) is 0 Å². The van der Waals surface area contributed by atoms with Crippen molar-refractivity contribution in [1.82, 2.24) is 10.2 Å². The van der Waals surface area contributed by atoms with Crippen LogP contribution in [0.4, 0.5) is 13.2 Å². The molecule has 3 aromatic rings. The predicted octanol–water partition coefficient (Wildman–Crippen LogP) is 4.07. The van der Waals surface area contributed by atoms with E-state index in [9.17, 15) is 22.8 Å². The van der Waals surface area contributed by atoms with E-state index in [0.29, 0.717) is 11.1 Å². The summed E-state index contributed by atoms with van der Waals surface area (Å²) in [5, 5.41) is 3.42. The van der Waals surface area contributed by atoms with Crippen LogP contribution in [0.25, 0.3) is 11.0 Å². The highest BCUT2D eigenvalue weighted by atomic mass is 19.4. The highest BCUT2D eigenvalue weighted by Crippen LogP contribution is 2.32. The molecule has 0 saturated carbocycles. The van der Waals surface area contributed by atoms with Gasteiger partial charge in [-0.15, -0.1) is 0 Å². The van der Waals surface area contributed by atoms with Gasteiger partial charge in [-0.2, -0.15) is 13.2 Å². The Morgan fingerprint density at radius 1 is 1.14 bits per heavy atom. The van der Waals surface area contributed by atoms with Crippen LogP contribution in [-0.2, 0) is 11.0 Å². The van der Waals surface area contributed by atoms with Crippen LogP contribution in [0.3, 0.4) is 0 Å². The van der Waals surface area contributed by atoms with Gasteiger partial charge < -0.3 is 14.6 Å². The summed E-state index contributed by atoms with van der Waals surface area (Å²) in [4.78, 5) is 26.9. The van der Waals surface area contributed by atoms with Crippen LogP contribution in [0.15, 0.2) is 52.9 Å². The van der Waals surface area contributed by atoms with E-state index < -0.39 is 29.6 Å². The molecule has 5 nitrogen and oxygen atoms in total. The van der Waals surface area contributed by atoms with Gasteiger partial charge in [0, 0.05) is 18.5 Å². The Morgan fingerprint density at radius 2 is 1.86 bits per heavy atom. The number of alkyl halides is 3. The molecule has 1 aliphatic heterocycles. The van der Waals surface area contributed by atoms with Crippen LogP contribution in [0.5, 0.6) is 0 Å². The lowest BCUT2D eigenvalue weighted by atomic mass is 10.0. The molecule has 2 aromatic carbocycles. The van der Waals surface area contributed by atoms with Gasteiger partial charge >= 0.3 is 6.18 Å². The van der Waals surface area contributed by atoms with E-state index in [0.717, 1.165) is 23.1 Å². The van der Waals surface area contributed by atoms with Gasteiger partial charge in [-0.1, -0.05) is 23.8 Å². The predicted molar refractivity (Wildman–Crippen MR) is 99.2 cm³/mol. The molecular weight excluding hydrogens is 385 g/mol. The molecule has 1 atom stereocenters. The Balaban J connectivity index is 1.68. The molecule has 0 radical (unpaired) electrons. The largest absolute Gasteiger partial charge is 0.451 e. The van der Waals surface area contributed by atoms with Gasteiger partial charge in [0.05, 0.1) is 5.56 Å². The topological polar surface area (TPSA) is 62.6 Å². The first-order chi connectivity index (χ1) is 13.7. The summed E-state index contributed by atoms with van der Waals surface area (Å²) in [6.45, 7) is 2.39. The van der Waals surface area contributed by atoms with Crippen molar-refractivity contribution in [1.29, 1.82) is 0 Å². The average molecular weight is 402 g/mol. The number of hydrogen-bond acceptors (Lipinski definition) is 3. The highest BCUT2D eigenvalue weighted by Gasteiger charge is 2.37. The molecule has 0 spiro atoms. The van der Waals surface area contributed by atoms with Crippen molar-refractivity contribution in [2.75, 3.05) is 13.1 Å². The number of rotatable bonds is 2. The summed E-state index contributed by atoms with van der Waals surface area (Å²) in [7, 11) is 0. The summed E-state index contributed by atoms with van der Waals surface area (Å²) < 4.78 is 44.2. The molecule has 2 heterocycles. The minimum Gasteiger partial charge on any atom is -0.451 e. The number of amides is 2. The summed E-state index contributed by atoms with van der Waals surface area (Å²) in [5.41, 5.74) is 1.04. The molecule has 1 aliphatic rings. The third kappa shape index (κ3) is 3.57. The van der Waals surface area contributed by atoms with Crippen molar-refractivity contribution < 1.29 is 27.2 Å². The van der Waals surface area contributed by atoms with Crippen molar-refractivity contribution in [3.8, 4) is 0 Å². The number of carbonyl (C=O) groups is 2. The molecule has 1 unspecified atom stereocenters. The number of piperazine rings is 1. The third-order valence-electron chi connectivity index (χ3n) is 4.91. The number of carbonyl (C=O) groups excluding carboxylic acids is 2. The summed E-state index contributed by atoms with van der Waals surface area (Å²) in [5.74, 6) is -0.855. The first-order valence-corrected chi connectivity index (χ1v) is 9.00. The van der Waals surface area contributed by atoms with E-state index >= 15 is 0 Å². The quantitative estimate of drug-likeness (QED) is 0.703. The SMILES string of the molecule is Cc1ccc2oc(C(=O)N3CCNC(=O)C3c3ccc(C(F)(F)F)cc3)cc2c1. The van der Waals surface area contributed by atoms with E-state index in [1.54, 1.807) is 12.1 Å². The number of aryl methyl sites for hydroxylation is 1. The standard InChI is InChI=1S/C21H17F3N2O3/c1-12-2-7-16-14(10-12)11-17(29-16)20(28)26-9-8-25-19(27)18(26)13-3-5-15(6-4-13)21(22,23)24/h2-7,10-11,18H,8-9H2,1H3,(H,25,27). The Kier molecular flexibility index (Phi) is 4.56. The van der Waals surface area contributed by atoms with E-state index in [4.69, 9.17) is 4.42 Å². The maximum atomic E-state index is 13.1. The number of furan rings is 1. The van der Waals surface area contributed by atoms with Crippen LogP contribution in [0, 0.1) is 6.92 Å². The number of hydrogen-bond donors (Lipinski definition) is 1. The number of halogens is 3. The number of nitrogens with zero attached hydrogens (tertiary/aromatic N) is 1. The van der Waals surface area contributed by atoms with E-state index in [1.165, 1.54) is 17.0 Å². The smallest absolute Gasteiger partial charge is 0.416 e. The van der Waals surface area contributed by atoms with Crippen molar-refractivity contribution in [3.63, 3.8) is 0 Å². The molecule has 8 heteroatoms. The molecule has 0 aliphatic carbocycles. The zero-order valence-electron chi connectivity index (χ0n) is 15.4. The molecule has 1 N–H and O–H groups in total. The molecular formula is C21H17F3N2O3. The van der Waals surface area contributed by atoms with Crippen LogP contribution < -0.4 is 5.32 Å².